The monoisotopic (exact) mass is 269 g/mol. The summed E-state index contributed by atoms with van der Waals surface area (Å²) in [6.45, 7) is 0. The normalized spacial score (nSPS) is 23.7. The van der Waals surface area contributed by atoms with Crippen molar-refractivity contribution in [3.05, 3.63) is 30.1 Å². The van der Waals surface area contributed by atoms with Crippen LogP contribution in [0.15, 0.2) is 24.4 Å². The molecule has 18 heavy (non-hydrogen) atoms. The number of aromatic nitrogens is 1. The standard InChI is InChI=1S/C12H15NO4S/c14-12(15)11(7-10-3-1-2-5-13-10)9-4-6-18(16,17)8-9/h1-3,5,9,11H,4,6-8H2,(H,14,15). The topological polar surface area (TPSA) is 84.3 Å². The van der Waals surface area contributed by atoms with Crippen LogP contribution in [0.4, 0.5) is 0 Å². The van der Waals surface area contributed by atoms with Gasteiger partial charge in [-0.3, -0.25) is 9.78 Å². The van der Waals surface area contributed by atoms with Crippen LogP contribution in [-0.2, 0) is 21.1 Å². The van der Waals surface area contributed by atoms with Crippen LogP contribution < -0.4 is 0 Å². The van der Waals surface area contributed by atoms with Crippen molar-refractivity contribution in [3.8, 4) is 0 Å². The molecule has 0 aliphatic carbocycles. The quantitative estimate of drug-likeness (QED) is 0.872. The van der Waals surface area contributed by atoms with Gasteiger partial charge in [-0.1, -0.05) is 6.07 Å². The average molecular weight is 269 g/mol. The maximum atomic E-state index is 11.4. The predicted molar refractivity (Wildman–Crippen MR) is 65.8 cm³/mol. The van der Waals surface area contributed by atoms with Crippen molar-refractivity contribution in [2.24, 2.45) is 11.8 Å². The highest BCUT2D eigenvalue weighted by Crippen LogP contribution is 2.28. The number of carboxylic acids is 1. The summed E-state index contributed by atoms with van der Waals surface area (Å²) < 4.78 is 22.8. The van der Waals surface area contributed by atoms with Gasteiger partial charge in [-0.2, -0.15) is 0 Å². The molecule has 1 aromatic heterocycles. The van der Waals surface area contributed by atoms with Gasteiger partial charge in [0, 0.05) is 18.3 Å². The third kappa shape index (κ3) is 3.07. The van der Waals surface area contributed by atoms with Gasteiger partial charge in [-0.25, -0.2) is 8.42 Å². The zero-order valence-electron chi connectivity index (χ0n) is 9.82. The molecule has 6 heteroatoms. The van der Waals surface area contributed by atoms with Gasteiger partial charge in [-0.15, -0.1) is 0 Å². The number of nitrogens with zero attached hydrogens (tertiary/aromatic N) is 1. The summed E-state index contributed by atoms with van der Waals surface area (Å²) in [7, 11) is -3.05. The first-order valence-corrected chi connectivity index (χ1v) is 7.63. The summed E-state index contributed by atoms with van der Waals surface area (Å²) in [5, 5.41) is 9.24. The summed E-state index contributed by atoms with van der Waals surface area (Å²) in [5.74, 6) is -1.82. The van der Waals surface area contributed by atoms with Crippen molar-refractivity contribution in [1.29, 1.82) is 0 Å². The second-order valence-corrected chi connectivity index (χ2v) is 6.86. The molecule has 0 aromatic carbocycles. The highest BCUT2D eigenvalue weighted by molar-refractivity contribution is 7.91. The summed E-state index contributed by atoms with van der Waals surface area (Å²) in [5.41, 5.74) is 0.689. The van der Waals surface area contributed by atoms with Crippen molar-refractivity contribution in [2.75, 3.05) is 11.5 Å². The van der Waals surface area contributed by atoms with E-state index in [1.54, 1.807) is 24.4 Å². The van der Waals surface area contributed by atoms with Gasteiger partial charge in [0.2, 0.25) is 0 Å². The zero-order chi connectivity index (χ0) is 13.2. The van der Waals surface area contributed by atoms with Crippen LogP contribution in [0.2, 0.25) is 0 Å². The molecule has 1 aliphatic heterocycles. The van der Waals surface area contributed by atoms with Crippen LogP contribution in [0.25, 0.3) is 0 Å². The number of rotatable bonds is 4. The van der Waals surface area contributed by atoms with E-state index < -0.39 is 21.7 Å². The number of carbonyl (C=O) groups is 1. The molecule has 1 aliphatic rings. The highest BCUT2D eigenvalue weighted by Gasteiger charge is 2.37. The smallest absolute Gasteiger partial charge is 0.307 e. The molecule has 0 spiro atoms. The van der Waals surface area contributed by atoms with E-state index in [0.717, 1.165) is 0 Å². The van der Waals surface area contributed by atoms with E-state index in [9.17, 15) is 18.3 Å². The Hall–Kier alpha value is -1.43. The summed E-state index contributed by atoms with van der Waals surface area (Å²) >= 11 is 0. The Morgan fingerprint density at radius 3 is 2.78 bits per heavy atom. The molecule has 2 heterocycles. The molecule has 0 radical (unpaired) electrons. The molecule has 1 saturated heterocycles. The maximum absolute atomic E-state index is 11.4. The van der Waals surface area contributed by atoms with Crippen LogP contribution in [0, 0.1) is 11.8 Å². The Morgan fingerprint density at radius 1 is 1.50 bits per heavy atom. The Bertz CT molecular complexity index is 526. The lowest BCUT2D eigenvalue weighted by molar-refractivity contribution is -0.143. The molecule has 5 nitrogen and oxygen atoms in total. The van der Waals surface area contributed by atoms with Crippen molar-refractivity contribution in [2.45, 2.75) is 12.8 Å². The van der Waals surface area contributed by atoms with Gasteiger partial charge in [0.25, 0.3) is 0 Å². The Labute approximate surface area is 106 Å². The fraction of sp³-hybridized carbons (Fsp3) is 0.500. The largest absolute Gasteiger partial charge is 0.481 e. The molecule has 1 N–H and O–H groups in total. The van der Waals surface area contributed by atoms with Crippen molar-refractivity contribution in [3.63, 3.8) is 0 Å². The number of pyridine rings is 1. The molecule has 2 atom stereocenters. The lowest BCUT2D eigenvalue weighted by Gasteiger charge is -2.17. The molecule has 1 fully saturated rings. The van der Waals surface area contributed by atoms with Crippen molar-refractivity contribution in [1.82, 2.24) is 4.98 Å². The van der Waals surface area contributed by atoms with Crippen LogP contribution >= 0.6 is 0 Å². The molecular weight excluding hydrogens is 254 g/mol. The van der Waals surface area contributed by atoms with Gasteiger partial charge in [0.1, 0.15) is 0 Å². The maximum Gasteiger partial charge on any atom is 0.307 e. The first kappa shape index (κ1) is 13.0. The number of sulfone groups is 1. The van der Waals surface area contributed by atoms with Gasteiger partial charge >= 0.3 is 5.97 Å². The molecule has 0 amide bonds. The summed E-state index contributed by atoms with van der Waals surface area (Å²) in [6, 6.07) is 5.32. The fourth-order valence-corrected chi connectivity index (χ4v) is 4.22. The molecular formula is C12H15NO4S. The minimum atomic E-state index is -3.05. The minimum Gasteiger partial charge on any atom is -0.481 e. The van der Waals surface area contributed by atoms with E-state index in [1.807, 2.05) is 0 Å². The second-order valence-electron chi connectivity index (χ2n) is 4.63. The zero-order valence-corrected chi connectivity index (χ0v) is 10.6. The number of carboxylic acid groups (broad SMARTS) is 1. The number of hydrogen-bond donors (Lipinski definition) is 1. The molecule has 0 bridgehead atoms. The van der Waals surface area contributed by atoms with Gasteiger partial charge in [-0.05, 0) is 24.5 Å². The lowest BCUT2D eigenvalue weighted by atomic mass is 9.88. The van der Waals surface area contributed by atoms with Gasteiger partial charge in [0.15, 0.2) is 9.84 Å². The Kier molecular flexibility index (Phi) is 3.65. The van der Waals surface area contributed by atoms with Gasteiger partial charge < -0.3 is 5.11 Å². The number of hydrogen-bond acceptors (Lipinski definition) is 4. The minimum absolute atomic E-state index is 0.0171. The van der Waals surface area contributed by atoms with E-state index in [-0.39, 0.29) is 23.8 Å². The molecule has 1 aromatic rings. The van der Waals surface area contributed by atoms with Crippen LogP contribution in [0.1, 0.15) is 12.1 Å². The first-order valence-electron chi connectivity index (χ1n) is 5.81. The predicted octanol–water partition coefficient (Wildman–Crippen LogP) is 0.760. The fourth-order valence-electron chi connectivity index (χ4n) is 2.34. The van der Waals surface area contributed by atoms with E-state index in [4.69, 9.17) is 0 Å². The van der Waals surface area contributed by atoms with Crippen LogP contribution in [-0.4, -0.2) is 36.0 Å². The molecule has 2 rings (SSSR count). The molecule has 98 valence electrons. The van der Waals surface area contributed by atoms with E-state index in [0.29, 0.717) is 12.1 Å². The lowest BCUT2D eigenvalue weighted by Crippen LogP contribution is -2.27. The van der Waals surface area contributed by atoms with Crippen LogP contribution in [0.5, 0.6) is 0 Å². The third-order valence-electron chi connectivity index (χ3n) is 3.31. The van der Waals surface area contributed by atoms with Crippen molar-refractivity contribution >= 4 is 15.8 Å². The third-order valence-corrected chi connectivity index (χ3v) is 5.10. The van der Waals surface area contributed by atoms with Gasteiger partial charge in [0.05, 0.1) is 17.4 Å². The van der Waals surface area contributed by atoms with E-state index in [1.165, 1.54) is 0 Å². The molecule has 2 unspecified atom stereocenters. The Morgan fingerprint density at radius 2 is 2.28 bits per heavy atom. The van der Waals surface area contributed by atoms with Crippen LogP contribution in [0.3, 0.4) is 0 Å². The second kappa shape index (κ2) is 5.06. The summed E-state index contributed by atoms with van der Waals surface area (Å²) in [6.07, 6.45) is 2.34. The summed E-state index contributed by atoms with van der Waals surface area (Å²) in [4.78, 5) is 15.4. The highest BCUT2D eigenvalue weighted by atomic mass is 32.2. The van der Waals surface area contributed by atoms with E-state index >= 15 is 0 Å². The van der Waals surface area contributed by atoms with Crippen molar-refractivity contribution < 1.29 is 18.3 Å². The Balaban J connectivity index is 2.13. The average Bonchev–Trinajstić information content (AvgIpc) is 2.67. The van der Waals surface area contributed by atoms with E-state index in [2.05, 4.69) is 4.98 Å². The SMILES string of the molecule is O=C(O)C(Cc1ccccn1)C1CCS(=O)(=O)C1. The first-order chi connectivity index (χ1) is 8.48. The molecule has 0 saturated carbocycles. The number of aliphatic carboxylic acids is 1.